The van der Waals surface area contributed by atoms with Crippen LogP contribution in [0.3, 0.4) is 0 Å². The molecule has 1 rings (SSSR count). The highest BCUT2D eigenvalue weighted by Gasteiger charge is 2.22. The summed E-state index contributed by atoms with van der Waals surface area (Å²) >= 11 is 0. The number of carbonyl (C=O) groups is 3. The lowest BCUT2D eigenvalue weighted by molar-refractivity contribution is -0.122. The number of hydrogen-bond donors (Lipinski definition) is 2. The molecule has 1 aromatic heterocycles. The van der Waals surface area contributed by atoms with Gasteiger partial charge in [0.15, 0.2) is 0 Å². The second kappa shape index (κ2) is 6.65. The summed E-state index contributed by atoms with van der Waals surface area (Å²) in [5.74, 6) is -2.16. The molecular formula is C13H17N3O4. The van der Waals surface area contributed by atoms with Gasteiger partial charge < -0.3 is 15.3 Å². The van der Waals surface area contributed by atoms with E-state index < -0.39 is 11.9 Å². The summed E-state index contributed by atoms with van der Waals surface area (Å²) in [5.41, 5.74) is -0.367. The first kappa shape index (κ1) is 15.6. The molecule has 7 heteroatoms. The molecule has 2 amide bonds. The van der Waals surface area contributed by atoms with Crippen LogP contribution in [0.5, 0.6) is 0 Å². The zero-order chi connectivity index (χ0) is 15.3. The van der Waals surface area contributed by atoms with Crippen molar-refractivity contribution in [3.63, 3.8) is 0 Å². The van der Waals surface area contributed by atoms with Crippen molar-refractivity contribution in [1.29, 1.82) is 0 Å². The van der Waals surface area contributed by atoms with Crippen LogP contribution < -0.4 is 5.32 Å². The Bertz CT molecular complexity index is 528. The van der Waals surface area contributed by atoms with Gasteiger partial charge in [0.2, 0.25) is 5.91 Å². The van der Waals surface area contributed by atoms with E-state index in [2.05, 4.69) is 10.3 Å². The third-order valence-electron chi connectivity index (χ3n) is 2.42. The minimum atomic E-state index is -1.23. The summed E-state index contributed by atoms with van der Waals surface area (Å²) in [6.45, 7) is 3.45. The van der Waals surface area contributed by atoms with Crippen LogP contribution in [0.25, 0.3) is 0 Å². The highest BCUT2D eigenvalue weighted by molar-refractivity contribution is 6.03. The smallest absolute Gasteiger partial charge is 0.338 e. The van der Waals surface area contributed by atoms with E-state index in [1.54, 1.807) is 13.8 Å². The van der Waals surface area contributed by atoms with Crippen LogP contribution >= 0.6 is 0 Å². The monoisotopic (exact) mass is 279 g/mol. The Morgan fingerprint density at radius 3 is 2.60 bits per heavy atom. The van der Waals surface area contributed by atoms with E-state index >= 15 is 0 Å². The molecule has 0 radical (unpaired) electrons. The molecule has 1 aromatic rings. The molecule has 0 saturated heterocycles. The average Bonchev–Trinajstić information content (AvgIpc) is 2.36. The van der Waals surface area contributed by atoms with Crippen LogP contribution in [0, 0.1) is 0 Å². The molecule has 20 heavy (non-hydrogen) atoms. The first-order valence-electron chi connectivity index (χ1n) is 6.06. The molecule has 1 heterocycles. The van der Waals surface area contributed by atoms with Crippen molar-refractivity contribution in [3.8, 4) is 0 Å². The number of carbonyl (C=O) groups excluding carboxylic acids is 2. The summed E-state index contributed by atoms with van der Waals surface area (Å²) < 4.78 is 0. The van der Waals surface area contributed by atoms with E-state index in [0.29, 0.717) is 0 Å². The second-order valence-electron chi connectivity index (χ2n) is 4.59. The van der Waals surface area contributed by atoms with Crippen LogP contribution in [0.15, 0.2) is 18.3 Å². The van der Waals surface area contributed by atoms with Crippen molar-refractivity contribution in [2.24, 2.45) is 0 Å². The molecule has 0 aromatic carbocycles. The Morgan fingerprint density at radius 2 is 2.05 bits per heavy atom. The van der Waals surface area contributed by atoms with E-state index in [0.717, 1.165) is 4.90 Å². The fourth-order valence-corrected chi connectivity index (χ4v) is 1.58. The Morgan fingerprint density at radius 1 is 1.40 bits per heavy atom. The number of amides is 2. The van der Waals surface area contributed by atoms with Gasteiger partial charge in [-0.3, -0.25) is 14.6 Å². The highest BCUT2D eigenvalue weighted by atomic mass is 16.4. The van der Waals surface area contributed by atoms with Gasteiger partial charge in [-0.15, -0.1) is 0 Å². The van der Waals surface area contributed by atoms with Gasteiger partial charge in [0, 0.05) is 19.3 Å². The number of carboxylic acids is 1. The fraction of sp³-hybridized carbons (Fsp3) is 0.385. The standard InChI is InChI=1S/C13H17N3O4/c1-8(2)15-10(17)7-16(3)12(18)11-9(13(19)20)5-4-6-14-11/h4-6,8H,7H2,1-3H3,(H,15,17)(H,19,20). The Kier molecular flexibility index (Phi) is 5.19. The predicted molar refractivity (Wildman–Crippen MR) is 71.4 cm³/mol. The SMILES string of the molecule is CC(C)NC(=O)CN(C)C(=O)c1ncccc1C(=O)O. The molecule has 2 N–H and O–H groups in total. The van der Waals surface area contributed by atoms with Gasteiger partial charge in [0.25, 0.3) is 5.91 Å². The van der Waals surface area contributed by atoms with Crippen LogP contribution in [0.4, 0.5) is 0 Å². The summed E-state index contributed by atoms with van der Waals surface area (Å²) in [6.07, 6.45) is 1.34. The van der Waals surface area contributed by atoms with Gasteiger partial charge in [0.05, 0.1) is 12.1 Å². The van der Waals surface area contributed by atoms with E-state index in [1.807, 2.05) is 0 Å². The van der Waals surface area contributed by atoms with Crippen molar-refractivity contribution in [1.82, 2.24) is 15.2 Å². The molecule has 0 spiro atoms. The molecular weight excluding hydrogens is 262 g/mol. The van der Waals surface area contributed by atoms with Gasteiger partial charge in [-0.2, -0.15) is 0 Å². The van der Waals surface area contributed by atoms with Crippen LogP contribution in [0.1, 0.15) is 34.7 Å². The van der Waals surface area contributed by atoms with Gasteiger partial charge in [0.1, 0.15) is 5.69 Å². The lowest BCUT2D eigenvalue weighted by atomic mass is 10.2. The molecule has 0 aliphatic carbocycles. The Balaban J connectivity index is 2.85. The van der Waals surface area contributed by atoms with Crippen molar-refractivity contribution < 1.29 is 19.5 Å². The number of pyridine rings is 1. The lowest BCUT2D eigenvalue weighted by Gasteiger charge is -2.18. The van der Waals surface area contributed by atoms with Crippen molar-refractivity contribution >= 4 is 17.8 Å². The number of rotatable bonds is 5. The van der Waals surface area contributed by atoms with Crippen molar-refractivity contribution in [2.45, 2.75) is 19.9 Å². The molecule has 0 aliphatic rings. The molecule has 7 nitrogen and oxygen atoms in total. The van der Waals surface area contributed by atoms with Gasteiger partial charge >= 0.3 is 5.97 Å². The largest absolute Gasteiger partial charge is 0.478 e. The maximum absolute atomic E-state index is 12.1. The first-order chi connectivity index (χ1) is 9.32. The van der Waals surface area contributed by atoms with Gasteiger partial charge in [-0.25, -0.2) is 4.79 Å². The van der Waals surface area contributed by atoms with E-state index in [4.69, 9.17) is 5.11 Å². The van der Waals surface area contributed by atoms with Crippen LogP contribution in [-0.2, 0) is 4.79 Å². The third-order valence-corrected chi connectivity index (χ3v) is 2.42. The molecule has 0 saturated carbocycles. The number of likely N-dealkylation sites (N-methyl/N-ethyl adjacent to an activating group) is 1. The van der Waals surface area contributed by atoms with E-state index in [-0.39, 0.29) is 29.8 Å². The third kappa shape index (κ3) is 4.04. The molecule has 0 bridgehead atoms. The number of nitrogens with one attached hydrogen (secondary N) is 1. The summed E-state index contributed by atoms with van der Waals surface area (Å²) in [7, 11) is 1.42. The van der Waals surface area contributed by atoms with Gasteiger partial charge in [-0.1, -0.05) is 0 Å². The summed E-state index contributed by atoms with van der Waals surface area (Å²) in [5, 5.41) is 11.7. The Labute approximate surface area is 116 Å². The number of nitrogens with zero attached hydrogens (tertiary/aromatic N) is 2. The average molecular weight is 279 g/mol. The number of aromatic carboxylic acids is 1. The zero-order valence-electron chi connectivity index (χ0n) is 11.6. The number of hydrogen-bond acceptors (Lipinski definition) is 4. The van der Waals surface area contributed by atoms with Crippen molar-refractivity contribution in [2.75, 3.05) is 13.6 Å². The van der Waals surface area contributed by atoms with Crippen molar-refractivity contribution in [3.05, 3.63) is 29.6 Å². The minimum absolute atomic E-state index is 0.0320. The predicted octanol–water partition coefficient (Wildman–Crippen LogP) is 0.376. The topological polar surface area (TPSA) is 99.6 Å². The van der Waals surface area contributed by atoms with E-state index in [1.165, 1.54) is 25.4 Å². The Hall–Kier alpha value is -2.44. The second-order valence-corrected chi connectivity index (χ2v) is 4.59. The molecule has 0 unspecified atom stereocenters. The van der Waals surface area contributed by atoms with Crippen LogP contribution in [-0.4, -0.2) is 52.4 Å². The molecule has 108 valence electrons. The van der Waals surface area contributed by atoms with Gasteiger partial charge in [-0.05, 0) is 26.0 Å². The fourth-order valence-electron chi connectivity index (χ4n) is 1.58. The maximum Gasteiger partial charge on any atom is 0.338 e. The highest BCUT2D eigenvalue weighted by Crippen LogP contribution is 2.08. The summed E-state index contributed by atoms with van der Waals surface area (Å²) in [4.78, 5) is 39.6. The normalized spacial score (nSPS) is 10.2. The first-order valence-corrected chi connectivity index (χ1v) is 6.06. The lowest BCUT2D eigenvalue weighted by Crippen LogP contribution is -2.41. The molecule has 0 atom stereocenters. The minimum Gasteiger partial charge on any atom is -0.478 e. The zero-order valence-corrected chi connectivity index (χ0v) is 11.6. The molecule has 0 fully saturated rings. The quantitative estimate of drug-likeness (QED) is 0.811. The number of aromatic nitrogens is 1. The molecule has 0 aliphatic heterocycles. The maximum atomic E-state index is 12.1. The number of carboxylic acid groups (broad SMARTS) is 1. The van der Waals surface area contributed by atoms with E-state index in [9.17, 15) is 14.4 Å². The summed E-state index contributed by atoms with van der Waals surface area (Å²) in [6, 6.07) is 2.70. The van der Waals surface area contributed by atoms with Crippen LogP contribution in [0.2, 0.25) is 0 Å².